The SMILES string of the molecule is O=C(O)C(Cc1ccc(O)c(O)c1)N(CP(=O)(O)O)CP(=O)(O)O. The van der Waals surface area contributed by atoms with Gasteiger partial charge in [-0.25, -0.2) is 0 Å². The van der Waals surface area contributed by atoms with E-state index in [0.717, 1.165) is 12.1 Å². The van der Waals surface area contributed by atoms with E-state index in [0.29, 0.717) is 4.90 Å². The van der Waals surface area contributed by atoms with E-state index in [-0.39, 0.29) is 5.56 Å². The zero-order chi connectivity index (χ0) is 18.7. The van der Waals surface area contributed by atoms with Gasteiger partial charge in [-0.1, -0.05) is 6.07 Å². The summed E-state index contributed by atoms with van der Waals surface area (Å²) in [6.07, 6.45) is -2.75. The third kappa shape index (κ3) is 6.98. The lowest BCUT2D eigenvalue weighted by Crippen LogP contribution is -2.43. The molecule has 24 heavy (non-hydrogen) atoms. The summed E-state index contributed by atoms with van der Waals surface area (Å²) < 4.78 is 22.3. The predicted octanol–water partition coefficient (Wildman–Crippen LogP) is -0.334. The van der Waals surface area contributed by atoms with Gasteiger partial charge in [0.25, 0.3) is 0 Å². The van der Waals surface area contributed by atoms with Crippen LogP contribution in [0.1, 0.15) is 5.56 Å². The molecule has 0 aromatic heterocycles. The average Bonchev–Trinajstić information content (AvgIpc) is 2.35. The molecular weight excluding hydrogens is 368 g/mol. The Morgan fingerprint density at radius 3 is 1.88 bits per heavy atom. The van der Waals surface area contributed by atoms with Crippen molar-refractivity contribution in [3.8, 4) is 11.5 Å². The zero-order valence-corrected chi connectivity index (χ0v) is 13.9. The summed E-state index contributed by atoms with van der Waals surface area (Å²) in [4.78, 5) is 47.9. The molecule has 0 radical (unpaired) electrons. The monoisotopic (exact) mass is 385 g/mol. The summed E-state index contributed by atoms with van der Waals surface area (Å²) in [7, 11) is -9.59. The van der Waals surface area contributed by atoms with E-state index in [1.54, 1.807) is 0 Å². The highest BCUT2D eigenvalue weighted by Crippen LogP contribution is 2.42. The van der Waals surface area contributed by atoms with Crippen LogP contribution in [-0.2, 0) is 20.3 Å². The van der Waals surface area contributed by atoms with E-state index in [1.165, 1.54) is 6.07 Å². The molecule has 0 aliphatic heterocycles. The number of hydrogen-bond donors (Lipinski definition) is 7. The molecular formula is C11H17NO10P2. The van der Waals surface area contributed by atoms with Crippen molar-refractivity contribution in [2.75, 3.05) is 12.6 Å². The first-order valence-electron chi connectivity index (χ1n) is 6.35. The second-order valence-corrected chi connectivity index (χ2v) is 8.31. The van der Waals surface area contributed by atoms with Crippen LogP contribution < -0.4 is 0 Å². The number of carbonyl (C=O) groups is 1. The number of nitrogens with zero attached hydrogens (tertiary/aromatic N) is 1. The van der Waals surface area contributed by atoms with E-state index in [9.17, 15) is 29.2 Å². The van der Waals surface area contributed by atoms with Gasteiger partial charge in [0.2, 0.25) is 0 Å². The molecule has 1 atom stereocenters. The summed E-state index contributed by atoms with van der Waals surface area (Å²) in [5.41, 5.74) is 0.180. The van der Waals surface area contributed by atoms with Gasteiger partial charge < -0.3 is 34.9 Å². The van der Waals surface area contributed by atoms with E-state index in [4.69, 9.17) is 19.6 Å². The summed E-state index contributed by atoms with van der Waals surface area (Å²) in [6.45, 7) is 0. The largest absolute Gasteiger partial charge is 0.504 e. The molecule has 0 heterocycles. The van der Waals surface area contributed by atoms with E-state index in [1.807, 2.05) is 0 Å². The fraction of sp³-hybridized carbons (Fsp3) is 0.364. The minimum atomic E-state index is -4.79. The van der Waals surface area contributed by atoms with Crippen LogP contribution in [0.5, 0.6) is 11.5 Å². The first-order chi connectivity index (χ1) is 10.8. The van der Waals surface area contributed by atoms with Crippen molar-refractivity contribution < 1.29 is 48.8 Å². The maximum Gasteiger partial charge on any atom is 0.339 e. The summed E-state index contributed by atoms with van der Waals surface area (Å²) in [6, 6.07) is 1.71. The Labute approximate surface area is 136 Å². The second-order valence-electron chi connectivity index (χ2n) is 5.08. The Morgan fingerprint density at radius 2 is 1.50 bits per heavy atom. The van der Waals surface area contributed by atoms with Crippen LogP contribution in [0.15, 0.2) is 18.2 Å². The van der Waals surface area contributed by atoms with Gasteiger partial charge in [-0.15, -0.1) is 0 Å². The smallest absolute Gasteiger partial charge is 0.339 e. The fourth-order valence-corrected chi connectivity index (χ4v) is 3.71. The zero-order valence-electron chi connectivity index (χ0n) is 12.1. The average molecular weight is 385 g/mol. The predicted molar refractivity (Wildman–Crippen MR) is 80.6 cm³/mol. The minimum absolute atomic E-state index is 0.180. The quantitative estimate of drug-likeness (QED) is 0.228. The highest BCUT2D eigenvalue weighted by Gasteiger charge is 2.35. The minimum Gasteiger partial charge on any atom is -0.504 e. The molecule has 136 valence electrons. The van der Waals surface area contributed by atoms with Crippen LogP contribution in [0.2, 0.25) is 0 Å². The lowest BCUT2D eigenvalue weighted by atomic mass is 10.0. The highest BCUT2D eigenvalue weighted by atomic mass is 31.2. The molecule has 1 aromatic rings. The lowest BCUT2D eigenvalue weighted by molar-refractivity contribution is -0.142. The number of aliphatic carboxylic acids is 1. The van der Waals surface area contributed by atoms with Crippen molar-refractivity contribution in [1.82, 2.24) is 4.90 Å². The van der Waals surface area contributed by atoms with E-state index in [2.05, 4.69) is 0 Å². The van der Waals surface area contributed by atoms with Crippen molar-refractivity contribution >= 4 is 21.2 Å². The van der Waals surface area contributed by atoms with E-state index >= 15 is 0 Å². The number of carboxylic acids is 1. The van der Waals surface area contributed by atoms with Gasteiger partial charge in [-0.3, -0.25) is 18.8 Å². The summed E-state index contributed by atoms with van der Waals surface area (Å²) in [5, 5.41) is 27.9. The molecule has 1 rings (SSSR count). The molecule has 11 nitrogen and oxygen atoms in total. The summed E-state index contributed by atoms with van der Waals surface area (Å²) >= 11 is 0. The second kappa shape index (κ2) is 7.62. The topological polar surface area (TPSA) is 196 Å². The number of aromatic hydroxyl groups is 2. The van der Waals surface area contributed by atoms with Gasteiger partial charge in [0, 0.05) is 0 Å². The molecule has 0 spiro atoms. The maximum atomic E-state index is 11.4. The Morgan fingerprint density at radius 1 is 1.00 bits per heavy atom. The third-order valence-electron chi connectivity index (χ3n) is 2.93. The fourth-order valence-electron chi connectivity index (χ4n) is 2.01. The van der Waals surface area contributed by atoms with Crippen LogP contribution in [0.25, 0.3) is 0 Å². The van der Waals surface area contributed by atoms with Crippen LogP contribution in [-0.4, -0.2) is 64.4 Å². The summed E-state index contributed by atoms with van der Waals surface area (Å²) in [5.74, 6) is -2.55. The molecule has 1 unspecified atom stereocenters. The third-order valence-corrected chi connectivity index (χ3v) is 4.39. The lowest BCUT2D eigenvalue weighted by Gasteiger charge is -2.29. The molecule has 0 saturated carbocycles. The molecule has 7 N–H and O–H groups in total. The van der Waals surface area contributed by atoms with Crippen molar-refractivity contribution in [2.24, 2.45) is 0 Å². The molecule has 0 aliphatic carbocycles. The normalized spacial score (nSPS) is 13.9. The number of rotatable bonds is 8. The number of phenolic OH excluding ortho intramolecular Hbond substituents is 2. The first-order valence-corrected chi connectivity index (χ1v) is 9.95. The van der Waals surface area contributed by atoms with Crippen LogP contribution in [0.4, 0.5) is 0 Å². The van der Waals surface area contributed by atoms with Gasteiger partial charge in [-0.2, -0.15) is 0 Å². The Balaban J connectivity index is 3.15. The Bertz CT molecular complexity index is 672. The van der Waals surface area contributed by atoms with Crippen molar-refractivity contribution in [1.29, 1.82) is 0 Å². The van der Waals surface area contributed by atoms with Gasteiger partial charge >= 0.3 is 21.2 Å². The Hall–Kier alpha value is -1.45. The number of carboxylic acid groups (broad SMARTS) is 1. The molecule has 13 heteroatoms. The van der Waals surface area contributed by atoms with Crippen molar-refractivity contribution in [3.05, 3.63) is 23.8 Å². The maximum absolute atomic E-state index is 11.4. The van der Waals surface area contributed by atoms with Crippen LogP contribution in [0.3, 0.4) is 0 Å². The molecule has 0 bridgehead atoms. The van der Waals surface area contributed by atoms with Gasteiger partial charge in [0.15, 0.2) is 11.5 Å². The number of benzene rings is 1. The van der Waals surface area contributed by atoms with Crippen LogP contribution in [0, 0.1) is 0 Å². The molecule has 0 fully saturated rings. The molecule has 0 saturated heterocycles. The van der Waals surface area contributed by atoms with Gasteiger partial charge in [-0.05, 0) is 24.1 Å². The van der Waals surface area contributed by atoms with Crippen molar-refractivity contribution in [2.45, 2.75) is 12.5 Å². The van der Waals surface area contributed by atoms with E-state index < -0.39 is 57.7 Å². The van der Waals surface area contributed by atoms with Crippen LogP contribution >= 0.6 is 15.2 Å². The Kier molecular flexibility index (Phi) is 6.54. The number of phenols is 2. The number of hydrogen-bond acceptors (Lipinski definition) is 6. The molecule has 0 amide bonds. The van der Waals surface area contributed by atoms with Gasteiger partial charge in [0.1, 0.15) is 18.6 Å². The first kappa shape index (κ1) is 20.6. The molecule has 0 aliphatic rings. The van der Waals surface area contributed by atoms with Crippen molar-refractivity contribution in [3.63, 3.8) is 0 Å². The van der Waals surface area contributed by atoms with Gasteiger partial charge in [0.05, 0.1) is 0 Å². The molecule has 1 aromatic carbocycles. The highest BCUT2D eigenvalue weighted by molar-refractivity contribution is 7.52. The standard InChI is InChI=1S/C11H17NO10P2/c13-9-2-1-7(4-10(9)14)3-8(11(15)16)12(5-23(17,18)19)6-24(20,21)22/h1-2,4,8,13-14H,3,5-6H2,(H,15,16)(H2,17,18,19)(H2,20,21,22).